The molecule has 0 amide bonds. The first-order chi connectivity index (χ1) is 11.9. The molecule has 10 heteroatoms. The molecule has 0 aromatic heterocycles. The van der Waals surface area contributed by atoms with Gasteiger partial charge in [-0.1, -0.05) is 11.6 Å². The van der Waals surface area contributed by atoms with Gasteiger partial charge in [-0.25, -0.2) is 8.96 Å². The van der Waals surface area contributed by atoms with Gasteiger partial charge in [0.1, 0.15) is 17.7 Å². The topological polar surface area (TPSA) is 87.9 Å². The van der Waals surface area contributed by atoms with Crippen molar-refractivity contribution in [3.63, 3.8) is 0 Å². The van der Waals surface area contributed by atoms with Crippen LogP contribution in [0.25, 0.3) is 0 Å². The minimum Gasteiger partial charge on any atom is -0.404 e. The summed E-state index contributed by atoms with van der Waals surface area (Å²) in [6, 6.07) is 8.91. The number of nitrogens with zero attached hydrogens (tertiary/aromatic N) is 1. The molecule has 0 aliphatic carbocycles. The minimum absolute atomic E-state index is 0.0286. The Hall–Kier alpha value is -1.99. The Morgan fingerprint density at radius 2 is 2.00 bits per heavy atom. The van der Waals surface area contributed by atoms with Crippen molar-refractivity contribution in [1.29, 1.82) is 0 Å². The molecular formula is C15H12ClFNO6P. The van der Waals surface area contributed by atoms with Crippen LogP contribution in [-0.2, 0) is 13.6 Å². The molecule has 7 nitrogen and oxygen atoms in total. The van der Waals surface area contributed by atoms with E-state index in [1.165, 1.54) is 42.5 Å². The molecule has 2 aromatic carbocycles. The second kappa shape index (κ2) is 7.09. The zero-order valence-corrected chi connectivity index (χ0v) is 14.3. The van der Waals surface area contributed by atoms with E-state index in [9.17, 15) is 19.1 Å². The summed E-state index contributed by atoms with van der Waals surface area (Å²) in [6.07, 6.45) is -0.582. The predicted molar refractivity (Wildman–Crippen MR) is 87.1 cm³/mol. The van der Waals surface area contributed by atoms with E-state index in [0.29, 0.717) is 5.02 Å². The van der Waals surface area contributed by atoms with Gasteiger partial charge in [-0.3, -0.25) is 19.2 Å². The third kappa shape index (κ3) is 4.16. The fourth-order valence-electron chi connectivity index (χ4n) is 2.29. The Labute approximate surface area is 147 Å². The standard InChI is InChI=1S/C15H12ClFNO6P/c16-10-1-6-14(17)13(9-10)15-7-8-22-25(21,24-15)23-12-4-2-11(3-5-12)18(19)20/h1-6,9,15H,7-8H2/t15-,25-/m1/s1. The third-order valence-corrected chi connectivity index (χ3v) is 5.14. The molecule has 0 spiro atoms. The normalized spacial score (nSPS) is 23.2. The molecule has 0 saturated carbocycles. The van der Waals surface area contributed by atoms with Gasteiger partial charge in [0, 0.05) is 29.1 Å². The van der Waals surface area contributed by atoms with E-state index in [4.69, 9.17) is 25.2 Å². The van der Waals surface area contributed by atoms with Gasteiger partial charge in [-0.15, -0.1) is 0 Å². The zero-order chi connectivity index (χ0) is 18.0. The highest BCUT2D eigenvalue weighted by atomic mass is 35.5. The van der Waals surface area contributed by atoms with Crippen LogP contribution in [0.5, 0.6) is 5.75 Å². The van der Waals surface area contributed by atoms with E-state index in [-0.39, 0.29) is 30.0 Å². The van der Waals surface area contributed by atoms with E-state index < -0.39 is 24.7 Å². The number of nitro groups is 1. The average Bonchev–Trinajstić information content (AvgIpc) is 2.57. The van der Waals surface area contributed by atoms with Crippen molar-refractivity contribution >= 4 is 25.1 Å². The first-order valence-corrected chi connectivity index (χ1v) is 9.02. The smallest absolute Gasteiger partial charge is 0.404 e. The highest BCUT2D eigenvalue weighted by molar-refractivity contribution is 7.49. The molecule has 25 heavy (non-hydrogen) atoms. The number of benzene rings is 2. The van der Waals surface area contributed by atoms with Crippen LogP contribution in [-0.4, -0.2) is 11.5 Å². The molecule has 1 heterocycles. The molecule has 1 fully saturated rings. The lowest BCUT2D eigenvalue weighted by molar-refractivity contribution is -0.384. The number of rotatable bonds is 4. The Kier molecular flexibility index (Phi) is 5.06. The van der Waals surface area contributed by atoms with E-state index in [2.05, 4.69) is 0 Å². The van der Waals surface area contributed by atoms with Gasteiger partial charge < -0.3 is 4.52 Å². The largest absolute Gasteiger partial charge is 0.530 e. The molecule has 2 aromatic rings. The number of hydrogen-bond acceptors (Lipinski definition) is 6. The molecule has 1 aliphatic rings. The highest BCUT2D eigenvalue weighted by Crippen LogP contribution is 2.56. The van der Waals surface area contributed by atoms with Gasteiger partial charge in [0.25, 0.3) is 5.69 Å². The van der Waals surface area contributed by atoms with Crippen LogP contribution in [0, 0.1) is 15.9 Å². The molecule has 1 aliphatic heterocycles. The SMILES string of the molecule is O=[N+]([O-])c1ccc(O[P@@]2(=O)OCC[C@H](c3cc(Cl)ccc3F)O2)cc1. The quantitative estimate of drug-likeness (QED) is 0.414. The monoisotopic (exact) mass is 387 g/mol. The van der Waals surface area contributed by atoms with Crippen LogP contribution >= 0.6 is 19.4 Å². The van der Waals surface area contributed by atoms with Crippen LogP contribution in [0.1, 0.15) is 18.1 Å². The van der Waals surface area contributed by atoms with E-state index in [0.717, 1.165) is 0 Å². The minimum atomic E-state index is -4.01. The first-order valence-electron chi connectivity index (χ1n) is 7.18. The number of phosphoric ester groups is 1. The Bertz CT molecular complexity index is 846. The van der Waals surface area contributed by atoms with Gasteiger partial charge in [0.05, 0.1) is 11.5 Å². The molecule has 1 saturated heterocycles. The summed E-state index contributed by atoms with van der Waals surface area (Å²) < 4.78 is 42.3. The maximum Gasteiger partial charge on any atom is 0.530 e. The molecule has 0 radical (unpaired) electrons. The van der Waals surface area contributed by atoms with E-state index >= 15 is 0 Å². The summed E-state index contributed by atoms with van der Waals surface area (Å²) >= 11 is 5.87. The van der Waals surface area contributed by atoms with Crippen molar-refractivity contribution in [2.24, 2.45) is 0 Å². The molecule has 3 rings (SSSR count). The van der Waals surface area contributed by atoms with Gasteiger partial charge >= 0.3 is 7.82 Å². The Morgan fingerprint density at radius 1 is 1.28 bits per heavy atom. The van der Waals surface area contributed by atoms with Gasteiger partial charge in [-0.2, -0.15) is 0 Å². The van der Waals surface area contributed by atoms with E-state index in [1.807, 2.05) is 0 Å². The van der Waals surface area contributed by atoms with Crippen molar-refractivity contribution in [2.45, 2.75) is 12.5 Å². The molecule has 132 valence electrons. The molecule has 0 unspecified atom stereocenters. The number of nitro benzene ring substituents is 1. The number of phosphoric acid groups is 1. The molecular weight excluding hydrogens is 376 g/mol. The van der Waals surface area contributed by atoms with Crippen molar-refractivity contribution in [3.05, 3.63) is 69.0 Å². The summed E-state index contributed by atoms with van der Waals surface area (Å²) in [6.45, 7) is 0.0286. The van der Waals surface area contributed by atoms with Crippen LogP contribution in [0.2, 0.25) is 5.02 Å². The van der Waals surface area contributed by atoms with Crippen LogP contribution in [0.15, 0.2) is 42.5 Å². The molecule has 0 bridgehead atoms. The fourth-order valence-corrected chi connectivity index (χ4v) is 3.87. The van der Waals surface area contributed by atoms with Crippen LogP contribution in [0.4, 0.5) is 10.1 Å². The maximum absolute atomic E-state index is 14.0. The van der Waals surface area contributed by atoms with Crippen molar-refractivity contribution in [2.75, 3.05) is 6.61 Å². The highest BCUT2D eigenvalue weighted by Gasteiger charge is 2.38. The Morgan fingerprint density at radius 3 is 2.68 bits per heavy atom. The van der Waals surface area contributed by atoms with Crippen molar-refractivity contribution in [1.82, 2.24) is 0 Å². The van der Waals surface area contributed by atoms with Gasteiger partial charge in [0.15, 0.2) is 0 Å². The van der Waals surface area contributed by atoms with Crippen molar-refractivity contribution in [3.8, 4) is 5.75 Å². The molecule has 2 atom stereocenters. The summed E-state index contributed by atoms with van der Waals surface area (Å²) in [5.41, 5.74) is 0.0123. The van der Waals surface area contributed by atoms with Crippen molar-refractivity contribution < 1.29 is 27.5 Å². The first kappa shape index (κ1) is 17.8. The fraction of sp³-hybridized carbons (Fsp3) is 0.200. The van der Waals surface area contributed by atoms with Gasteiger partial charge in [0.2, 0.25) is 0 Å². The lowest BCUT2D eigenvalue weighted by Gasteiger charge is -2.29. The zero-order valence-electron chi connectivity index (χ0n) is 12.6. The lowest BCUT2D eigenvalue weighted by Crippen LogP contribution is -2.17. The predicted octanol–water partition coefficient (Wildman–Crippen LogP) is 5.05. The van der Waals surface area contributed by atoms with Crippen LogP contribution in [0.3, 0.4) is 0 Å². The number of non-ortho nitro benzene ring substituents is 1. The number of halogens is 2. The molecule has 0 N–H and O–H groups in total. The second-order valence-electron chi connectivity index (χ2n) is 5.17. The number of hydrogen-bond donors (Lipinski definition) is 0. The maximum atomic E-state index is 14.0. The lowest BCUT2D eigenvalue weighted by atomic mass is 10.1. The van der Waals surface area contributed by atoms with Crippen LogP contribution < -0.4 is 4.52 Å². The third-order valence-electron chi connectivity index (χ3n) is 3.46. The second-order valence-corrected chi connectivity index (χ2v) is 7.15. The summed E-state index contributed by atoms with van der Waals surface area (Å²) in [7, 11) is -4.01. The summed E-state index contributed by atoms with van der Waals surface area (Å²) in [5, 5.41) is 11.0. The van der Waals surface area contributed by atoms with E-state index in [1.54, 1.807) is 0 Å². The van der Waals surface area contributed by atoms with Gasteiger partial charge in [-0.05, 0) is 30.3 Å². The summed E-state index contributed by atoms with van der Waals surface area (Å²) in [5.74, 6) is -0.473. The Balaban J connectivity index is 1.78. The average molecular weight is 388 g/mol. The summed E-state index contributed by atoms with van der Waals surface area (Å²) in [4.78, 5) is 10.1.